The third kappa shape index (κ3) is 3.37. The molecule has 1 aromatic carbocycles. The number of hydrogen-bond donors (Lipinski definition) is 1. The van der Waals surface area contributed by atoms with E-state index >= 15 is 0 Å². The topological polar surface area (TPSA) is 35.9 Å². The summed E-state index contributed by atoms with van der Waals surface area (Å²) in [5, 5.41) is 9.66. The first kappa shape index (κ1) is 13.2. The van der Waals surface area contributed by atoms with E-state index in [9.17, 15) is 5.11 Å². The van der Waals surface area contributed by atoms with E-state index in [1.165, 1.54) is 5.56 Å². The van der Waals surface area contributed by atoms with Crippen molar-refractivity contribution in [2.24, 2.45) is 0 Å². The van der Waals surface area contributed by atoms with Crippen LogP contribution in [0.15, 0.2) is 18.2 Å². The molecule has 0 radical (unpaired) electrons. The molecule has 0 aromatic heterocycles. The molecule has 1 aromatic rings. The van der Waals surface area contributed by atoms with Gasteiger partial charge in [0.05, 0.1) is 6.61 Å². The number of likely N-dealkylation sites (N-methyl/N-ethyl adjacent to an activating group) is 1. The number of rotatable bonds is 4. The van der Waals surface area contributed by atoms with E-state index in [4.69, 9.17) is 4.74 Å². The predicted octanol–water partition coefficient (Wildman–Crippen LogP) is 1.54. The summed E-state index contributed by atoms with van der Waals surface area (Å²) in [5.74, 6) is 0.808. The van der Waals surface area contributed by atoms with E-state index in [1.54, 1.807) is 6.07 Å². The van der Waals surface area contributed by atoms with Crippen molar-refractivity contribution in [3.05, 3.63) is 23.8 Å². The van der Waals surface area contributed by atoms with Crippen LogP contribution in [-0.2, 0) is 6.54 Å². The van der Waals surface area contributed by atoms with Gasteiger partial charge in [0.15, 0.2) is 11.5 Å². The van der Waals surface area contributed by atoms with Gasteiger partial charge in [-0.1, -0.05) is 6.07 Å². The number of phenolic OH excluding ortho intramolecular Hbond substituents is 1. The van der Waals surface area contributed by atoms with Crippen molar-refractivity contribution in [3.8, 4) is 11.5 Å². The Bertz CT molecular complexity index is 387. The maximum Gasteiger partial charge on any atom is 0.161 e. The van der Waals surface area contributed by atoms with Crippen LogP contribution in [0.5, 0.6) is 11.5 Å². The molecule has 1 saturated heterocycles. The van der Waals surface area contributed by atoms with Crippen molar-refractivity contribution in [1.82, 2.24) is 9.80 Å². The number of hydrogen-bond acceptors (Lipinski definition) is 4. The summed E-state index contributed by atoms with van der Waals surface area (Å²) in [4.78, 5) is 4.78. The van der Waals surface area contributed by atoms with Crippen LogP contribution in [0.3, 0.4) is 0 Å². The van der Waals surface area contributed by atoms with Crippen molar-refractivity contribution in [3.63, 3.8) is 0 Å². The van der Waals surface area contributed by atoms with Gasteiger partial charge in [-0.15, -0.1) is 0 Å². The molecule has 1 aliphatic heterocycles. The van der Waals surface area contributed by atoms with Gasteiger partial charge in [-0.05, 0) is 31.7 Å². The van der Waals surface area contributed by atoms with Crippen molar-refractivity contribution in [1.29, 1.82) is 0 Å². The van der Waals surface area contributed by atoms with E-state index in [-0.39, 0.29) is 5.75 Å². The Hall–Kier alpha value is -1.26. The lowest BCUT2D eigenvalue weighted by molar-refractivity contribution is 0.148. The Morgan fingerprint density at radius 1 is 1.22 bits per heavy atom. The fourth-order valence-corrected chi connectivity index (χ4v) is 2.19. The average molecular weight is 250 g/mol. The minimum absolute atomic E-state index is 0.221. The summed E-state index contributed by atoms with van der Waals surface area (Å²) >= 11 is 0. The van der Waals surface area contributed by atoms with Gasteiger partial charge in [0.2, 0.25) is 0 Å². The Morgan fingerprint density at radius 2 is 1.94 bits per heavy atom. The van der Waals surface area contributed by atoms with Gasteiger partial charge in [0, 0.05) is 32.7 Å². The number of aromatic hydroxyl groups is 1. The van der Waals surface area contributed by atoms with Crippen LogP contribution < -0.4 is 4.74 Å². The lowest BCUT2D eigenvalue weighted by atomic mass is 10.1. The van der Waals surface area contributed by atoms with Crippen molar-refractivity contribution in [2.75, 3.05) is 39.8 Å². The molecule has 1 fully saturated rings. The van der Waals surface area contributed by atoms with Gasteiger partial charge in [-0.3, -0.25) is 4.90 Å². The molecule has 100 valence electrons. The zero-order chi connectivity index (χ0) is 13.0. The highest BCUT2D eigenvalue weighted by atomic mass is 16.5. The van der Waals surface area contributed by atoms with E-state index in [0.717, 1.165) is 32.7 Å². The summed E-state index contributed by atoms with van der Waals surface area (Å²) in [5.41, 5.74) is 1.20. The van der Waals surface area contributed by atoms with E-state index in [2.05, 4.69) is 16.8 Å². The molecule has 1 aliphatic rings. The zero-order valence-corrected chi connectivity index (χ0v) is 11.2. The maximum atomic E-state index is 9.66. The highest BCUT2D eigenvalue weighted by Crippen LogP contribution is 2.27. The Kier molecular flexibility index (Phi) is 4.44. The highest BCUT2D eigenvalue weighted by Gasteiger charge is 2.14. The standard InChI is InChI=1S/C14H22N2O2/c1-3-18-14-10-12(4-5-13(14)17)11-16-8-6-15(2)7-9-16/h4-5,10,17H,3,6-9,11H2,1-2H3. The second-order valence-corrected chi connectivity index (χ2v) is 4.81. The molecular formula is C14H22N2O2. The van der Waals surface area contributed by atoms with Gasteiger partial charge >= 0.3 is 0 Å². The third-order valence-corrected chi connectivity index (χ3v) is 3.33. The molecule has 0 bridgehead atoms. The molecular weight excluding hydrogens is 228 g/mol. The fourth-order valence-electron chi connectivity index (χ4n) is 2.19. The highest BCUT2D eigenvalue weighted by molar-refractivity contribution is 5.41. The molecule has 18 heavy (non-hydrogen) atoms. The quantitative estimate of drug-likeness (QED) is 0.879. The number of ether oxygens (including phenoxy) is 1. The monoisotopic (exact) mass is 250 g/mol. The summed E-state index contributed by atoms with van der Waals surface area (Å²) in [7, 11) is 2.16. The minimum atomic E-state index is 0.221. The largest absolute Gasteiger partial charge is 0.504 e. The lowest BCUT2D eigenvalue weighted by Crippen LogP contribution is -2.43. The van der Waals surface area contributed by atoms with E-state index in [0.29, 0.717) is 12.4 Å². The molecule has 4 heteroatoms. The van der Waals surface area contributed by atoms with Gasteiger partial charge in [-0.25, -0.2) is 0 Å². The van der Waals surface area contributed by atoms with Crippen LogP contribution in [0.25, 0.3) is 0 Å². The molecule has 1 heterocycles. The van der Waals surface area contributed by atoms with Crippen molar-refractivity contribution < 1.29 is 9.84 Å². The fraction of sp³-hybridized carbons (Fsp3) is 0.571. The molecule has 0 amide bonds. The predicted molar refractivity (Wildman–Crippen MR) is 72.0 cm³/mol. The van der Waals surface area contributed by atoms with Crippen molar-refractivity contribution >= 4 is 0 Å². The average Bonchev–Trinajstić information content (AvgIpc) is 2.37. The van der Waals surface area contributed by atoms with Gasteiger partial charge < -0.3 is 14.7 Å². The van der Waals surface area contributed by atoms with Gasteiger partial charge in [0.25, 0.3) is 0 Å². The molecule has 4 nitrogen and oxygen atoms in total. The van der Waals surface area contributed by atoms with E-state index in [1.807, 2.05) is 19.1 Å². The molecule has 2 rings (SSSR count). The van der Waals surface area contributed by atoms with Crippen LogP contribution in [-0.4, -0.2) is 54.7 Å². The molecule has 1 N–H and O–H groups in total. The summed E-state index contributed by atoms with van der Waals surface area (Å²) < 4.78 is 5.41. The summed E-state index contributed by atoms with van der Waals surface area (Å²) in [6, 6.07) is 5.63. The number of nitrogens with zero attached hydrogens (tertiary/aromatic N) is 2. The second kappa shape index (κ2) is 6.07. The second-order valence-electron chi connectivity index (χ2n) is 4.81. The van der Waals surface area contributed by atoms with Gasteiger partial charge in [0.1, 0.15) is 0 Å². The van der Waals surface area contributed by atoms with Crippen LogP contribution in [0.1, 0.15) is 12.5 Å². The minimum Gasteiger partial charge on any atom is -0.504 e. The Labute approximate surface area is 109 Å². The molecule has 0 unspecified atom stereocenters. The smallest absolute Gasteiger partial charge is 0.161 e. The molecule has 0 saturated carbocycles. The number of piperazine rings is 1. The van der Waals surface area contributed by atoms with Crippen LogP contribution in [0, 0.1) is 0 Å². The maximum absolute atomic E-state index is 9.66. The van der Waals surface area contributed by atoms with Gasteiger partial charge in [-0.2, -0.15) is 0 Å². The number of benzene rings is 1. The Balaban J connectivity index is 1.98. The lowest BCUT2D eigenvalue weighted by Gasteiger charge is -2.32. The normalized spacial score (nSPS) is 17.9. The van der Waals surface area contributed by atoms with Crippen LogP contribution in [0.2, 0.25) is 0 Å². The summed E-state index contributed by atoms with van der Waals surface area (Å²) in [6.45, 7) is 7.86. The molecule has 0 spiro atoms. The first-order chi connectivity index (χ1) is 8.69. The summed E-state index contributed by atoms with van der Waals surface area (Å²) in [6.07, 6.45) is 0. The van der Waals surface area contributed by atoms with Crippen molar-refractivity contribution in [2.45, 2.75) is 13.5 Å². The van der Waals surface area contributed by atoms with E-state index < -0.39 is 0 Å². The first-order valence-corrected chi connectivity index (χ1v) is 6.54. The molecule has 0 atom stereocenters. The SMILES string of the molecule is CCOc1cc(CN2CCN(C)CC2)ccc1O. The van der Waals surface area contributed by atoms with Crippen LogP contribution in [0.4, 0.5) is 0 Å². The zero-order valence-electron chi connectivity index (χ0n) is 11.2. The number of phenols is 1. The Morgan fingerprint density at radius 3 is 2.61 bits per heavy atom. The molecule has 0 aliphatic carbocycles. The first-order valence-electron chi connectivity index (χ1n) is 6.54. The third-order valence-electron chi connectivity index (χ3n) is 3.33. The van der Waals surface area contributed by atoms with Crippen LogP contribution >= 0.6 is 0 Å².